The average Bonchev–Trinajstić information content (AvgIpc) is 3.25. The van der Waals surface area contributed by atoms with Crippen molar-refractivity contribution in [1.29, 1.82) is 0 Å². The monoisotopic (exact) mass is 458 g/mol. The molecule has 162 valence electrons. The number of aryl methyl sites for hydroxylation is 1. The number of hydrogen-bond donors (Lipinski definition) is 0. The molecule has 1 amide bonds. The summed E-state index contributed by atoms with van der Waals surface area (Å²) >= 11 is 12.1. The molecule has 1 saturated heterocycles. The largest absolute Gasteiger partial charge is 0.484 e. The van der Waals surface area contributed by atoms with Crippen LogP contribution in [0.1, 0.15) is 27.4 Å². The molecule has 3 aromatic rings. The number of halogens is 2. The normalized spacial score (nSPS) is 14.1. The third-order valence-electron chi connectivity index (χ3n) is 5.62. The first-order chi connectivity index (χ1) is 14.9. The van der Waals surface area contributed by atoms with E-state index >= 15 is 0 Å². The van der Waals surface area contributed by atoms with Crippen LogP contribution in [0.15, 0.2) is 52.9 Å². The van der Waals surface area contributed by atoms with Gasteiger partial charge in [-0.1, -0.05) is 35.3 Å². The highest BCUT2D eigenvalue weighted by Crippen LogP contribution is 2.29. The lowest BCUT2D eigenvalue weighted by Crippen LogP contribution is -2.49. The van der Waals surface area contributed by atoms with Gasteiger partial charge in [-0.05, 0) is 55.3 Å². The van der Waals surface area contributed by atoms with Gasteiger partial charge in [0.25, 0.3) is 5.91 Å². The maximum absolute atomic E-state index is 12.9. The molecule has 0 aliphatic carbocycles. The van der Waals surface area contributed by atoms with Crippen molar-refractivity contribution in [3.8, 4) is 5.75 Å². The fourth-order valence-corrected chi connectivity index (χ4v) is 4.03. The molecule has 0 atom stereocenters. The quantitative estimate of drug-likeness (QED) is 0.488. The fraction of sp³-hybridized carbons (Fsp3) is 0.292. The van der Waals surface area contributed by atoms with Crippen molar-refractivity contribution in [2.24, 2.45) is 0 Å². The van der Waals surface area contributed by atoms with Crippen LogP contribution >= 0.6 is 23.2 Å². The summed E-state index contributed by atoms with van der Waals surface area (Å²) < 4.78 is 11.4. The lowest BCUT2D eigenvalue weighted by molar-refractivity contribution is 0.0710. The molecule has 2 heterocycles. The number of benzene rings is 2. The molecule has 0 spiro atoms. The van der Waals surface area contributed by atoms with Crippen molar-refractivity contribution in [3.05, 3.63) is 81.2 Å². The van der Waals surface area contributed by atoms with Gasteiger partial charge in [0.2, 0.25) is 0 Å². The van der Waals surface area contributed by atoms with Gasteiger partial charge in [-0.25, -0.2) is 0 Å². The Morgan fingerprint density at radius 2 is 1.81 bits per heavy atom. The van der Waals surface area contributed by atoms with E-state index in [-0.39, 0.29) is 12.5 Å². The van der Waals surface area contributed by atoms with E-state index < -0.39 is 0 Å². The van der Waals surface area contributed by atoms with Crippen molar-refractivity contribution in [1.82, 2.24) is 4.90 Å². The number of carbonyl (C=O) groups excluding carboxylic acids is 1. The number of piperazine rings is 1. The molecule has 0 radical (unpaired) electrons. The number of hydrogen-bond acceptors (Lipinski definition) is 4. The molecular weight excluding hydrogens is 435 g/mol. The SMILES string of the molecule is Cc1cccc(N2CCN(C(=O)c3ccc(COc4cc(Cl)ccc4Cl)o3)CC2)c1C. The molecule has 2 aromatic carbocycles. The maximum Gasteiger partial charge on any atom is 0.289 e. The fourth-order valence-electron chi connectivity index (χ4n) is 3.69. The van der Waals surface area contributed by atoms with Crippen LogP contribution < -0.4 is 9.64 Å². The number of rotatable bonds is 5. The van der Waals surface area contributed by atoms with E-state index in [1.807, 2.05) is 4.90 Å². The molecule has 0 N–H and O–H groups in total. The Morgan fingerprint density at radius 3 is 2.58 bits per heavy atom. The van der Waals surface area contributed by atoms with Gasteiger partial charge in [0.05, 0.1) is 5.02 Å². The second-order valence-corrected chi connectivity index (χ2v) is 8.47. The van der Waals surface area contributed by atoms with Crippen molar-refractivity contribution in [2.75, 3.05) is 31.1 Å². The molecule has 0 saturated carbocycles. The number of anilines is 1. The highest BCUT2D eigenvalue weighted by molar-refractivity contribution is 6.34. The summed E-state index contributed by atoms with van der Waals surface area (Å²) in [5.74, 6) is 1.23. The van der Waals surface area contributed by atoms with Crippen LogP contribution in [0, 0.1) is 13.8 Å². The molecule has 1 aliphatic rings. The first-order valence-corrected chi connectivity index (χ1v) is 10.9. The van der Waals surface area contributed by atoms with Crippen molar-refractivity contribution in [2.45, 2.75) is 20.5 Å². The van der Waals surface area contributed by atoms with Gasteiger partial charge >= 0.3 is 0 Å². The molecule has 1 aliphatic heterocycles. The van der Waals surface area contributed by atoms with Crippen LogP contribution in [0.4, 0.5) is 5.69 Å². The predicted molar refractivity (Wildman–Crippen MR) is 124 cm³/mol. The summed E-state index contributed by atoms with van der Waals surface area (Å²) in [6.07, 6.45) is 0. The molecule has 0 unspecified atom stereocenters. The Kier molecular flexibility index (Phi) is 6.44. The van der Waals surface area contributed by atoms with Crippen molar-refractivity contribution >= 4 is 34.8 Å². The summed E-state index contributed by atoms with van der Waals surface area (Å²) in [4.78, 5) is 17.1. The summed E-state index contributed by atoms with van der Waals surface area (Å²) in [6.45, 7) is 7.31. The molecule has 1 fully saturated rings. The smallest absolute Gasteiger partial charge is 0.289 e. The number of amides is 1. The summed E-state index contributed by atoms with van der Waals surface area (Å²) in [6, 6.07) is 14.8. The summed E-state index contributed by atoms with van der Waals surface area (Å²) in [5.41, 5.74) is 3.81. The predicted octanol–water partition coefficient (Wildman–Crippen LogP) is 5.74. The zero-order valence-corrected chi connectivity index (χ0v) is 19.0. The minimum Gasteiger partial charge on any atom is -0.484 e. The summed E-state index contributed by atoms with van der Waals surface area (Å²) in [7, 11) is 0. The van der Waals surface area contributed by atoms with Crippen molar-refractivity contribution in [3.63, 3.8) is 0 Å². The minimum atomic E-state index is -0.104. The Balaban J connectivity index is 1.35. The summed E-state index contributed by atoms with van der Waals surface area (Å²) in [5, 5.41) is 1.00. The topological polar surface area (TPSA) is 45.9 Å². The standard InChI is InChI=1S/C24H24Cl2N2O3/c1-16-4-3-5-21(17(16)2)27-10-12-28(13-11-27)24(29)22-9-7-19(31-22)15-30-23-14-18(25)6-8-20(23)26/h3-9,14H,10-13,15H2,1-2H3. The van der Waals surface area contributed by atoms with Crippen LogP contribution in [0.3, 0.4) is 0 Å². The van der Waals surface area contributed by atoms with Crippen LogP contribution in [0.25, 0.3) is 0 Å². The van der Waals surface area contributed by atoms with Crippen LogP contribution in [-0.4, -0.2) is 37.0 Å². The Morgan fingerprint density at radius 1 is 1.03 bits per heavy atom. The maximum atomic E-state index is 12.9. The zero-order chi connectivity index (χ0) is 22.0. The van der Waals surface area contributed by atoms with E-state index in [2.05, 4.69) is 36.9 Å². The van der Waals surface area contributed by atoms with E-state index in [4.69, 9.17) is 32.4 Å². The van der Waals surface area contributed by atoms with Gasteiger partial charge in [-0.3, -0.25) is 4.79 Å². The minimum absolute atomic E-state index is 0.104. The first-order valence-electron chi connectivity index (χ1n) is 10.2. The number of furan rings is 1. The number of nitrogens with zero attached hydrogens (tertiary/aromatic N) is 2. The molecule has 5 nitrogen and oxygen atoms in total. The second kappa shape index (κ2) is 9.25. The van der Waals surface area contributed by atoms with E-state index in [0.717, 1.165) is 13.1 Å². The molecule has 4 rings (SSSR count). The third-order valence-corrected chi connectivity index (χ3v) is 6.17. The molecule has 0 bridgehead atoms. The van der Waals surface area contributed by atoms with Crippen molar-refractivity contribution < 1.29 is 13.9 Å². The van der Waals surface area contributed by atoms with Crippen LogP contribution in [0.5, 0.6) is 5.75 Å². The van der Waals surface area contributed by atoms with Gasteiger partial charge in [-0.15, -0.1) is 0 Å². The number of ether oxygens (including phenoxy) is 1. The molecule has 31 heavy (non-hydrogen) atoms. The Labute approximate surface area is 192 Å². The third kappa shape index (κ3) is 4.83. The van der Waals surface area contributed by atoms with E-state index in [1.165, 1.54) is 16.8 Å². The van der Waals surface area contributed by atoms with Gasteiger partial charge < -0.3 is 19.0 Å². The highest BCUT2D eigenvalue weighted by Gasteiger charge is 2.25. The van der Waals surface area contributed by atoms with E-state index in [0.29, 0.717) is 40.4 Å². The lowest BCUT2D eigenvalue weighted by Gasteiger charge is -2.36. The van der Waals surface area contributed by atoms with E-state index in [1.54, 1.807) is 30.3 Å². The highest BCUT2D eigenvalue weighted by atomic mass is 35.5. The van der Waals surface area contributed by atoms with Gasteiger partial charge in [0.1, 0.15) is 18.1 Å². The van der Waals surface area contributed by atoms with Gasteiger partial charge in [0, 0.05) is 43.0 Å². The number of carbonyl (C=O) groups is 1. The van der Waals surface area contributed by atoms with E-state index in [9.17, 15) is 4.79 Å². The zero-order valence-electron chi connectivity index (χ0n) is 17.5. The molecule has 7 heteroatoms. The second-order valence-electron chi connectivity index (χ2n) is 7.63. The van der Waals surface area contributed by atoms with Crippen LogP contribution in [-0.2, 0) is 6.61 Å². The molecule has 1 aromatic heterocycles. The Hall–Kier alpha value is -2.63. The Bertz CT molecular complexity index is 1090. The van der Waals surface area contributed by atoms with Gasteiger partial charge in [-0.2, -0.15) is 0 Å². The average molecular weight is 459 g/mol. The van der Waals surface area contributed by atoms with Gasteiger partial charge in [0.15, 0.2) is 5.76 Å². The lowest BCUT2D eigenvalue weighted by atomic mass is 10.1. The first kappa shape index (κ1) is 21.6. The van der Waals surface area contributed by atoms with Crippen LogP contribution in [0.2, 0.25) is 10.0 Å². The molecular formula is C24H24Cl2N2O3.